The van der Waals surface area contributed by atoms with Crippen molar-refractivity contribution in [3.05, 3.63) is 94.3 Å². The van der Waals surface area contributed by atoms with Crippen LogP contribution in [0, 0.1) is 5.82 Å². The third-order valence-corrected chi connectivity index (χ3v) is 6.06. The number of carboxylic acids is 1. The Morgan fingerprint density at radius 2 is 1.80 bits per heavy atom. The lowest BCUT2D eigenvalue weighted by Crippen LogP contribution is -2.34. The molecule has 1 aliphatic rings. The van der Waals surface area contributed by atoms with Crippen molar-refractivity contribution < 1.29 is 28.7 Å². The summed E-state index contributed by atoms with van der Waals surface area (Å²) in [6, 6.07) is 18.1. The number of nitrogens with zero attached hydrogens (tertiary/aromatic N) is 1. The van der Waals surface area contributed by atoms with Crippen LogP contribution in [0.25, 0.3) is 11.1 Å². The summed E-state index contributed by atoms with van der Waals surface area (Å²) < 4.78 is 20.0. The molecule has 0 unspecified atom stereocenters. The molecule has 3 aromatic carbocycles. The molecule has 0 bridgehead atoms. The Labute approximate surface area is 203 Å². The number of benzene rings is 3. The number of carboxylic acid groups (broad SMARTS) is 1. The third-order valence-electron chi connectivity index (χ3n) is 6.06. The fourth-order valence-corrected chi connectivity index (χ4v) is 4.43. The van der Waals surface area contributed by atoms with Crippen molar-refractivity contribution in [1.82, 2.24) is 5.06 Å². The van der Waals surface area contributed by atoms with Crippen LogP contribution in [0.4, 0.5) is 9.18 Å². The van der Waals surface area contributed by atoms with Crippen molar-refractivity contribution in [1.29, 1.82) is 0 Å². The monoisotopic (exact) mass is 477 g/mol. The lowest BCUT2D eigenvalue weighted by atomic mass is 9.87. The van der Waals surface area contributed by atoms with Crippen molar-refractivity contribution in [2.75, 3.05) is 6.54 Å². The minimum absolute atomic E-state index is 0.0920. The molecule has 6 nitrogen and oxygen atoms in total. The molecule has 0 spiro atoms. The lowest BCUT2D eigenvalue weighted by molar-refractivity contribution is -0.139. The molecule has 0 saturated heterocycles. The quantitative estimate of drug-likeness (QED) is 0.420. The van der Waals surface area contributed by atoms with Gasteiger partial charge in [-0.25, -0.2) is 9.18 Å². The van der Waals surface area contributed by atoms with E-state index in [1.54, 1.807) is 6.07 Å². The van der Waals surface area contributed by atoms with Crippen LogP contribution in [0.2, 0.25) is 0 Å². The molecule has 4 rings (SSSR count). The van der Waals surface area contributed by atoms with Crippen molar-refractivity contribution in [2.24, 2.45) is 0 Å². The Kier molecular flexibility index (Phi) is 7.77. The number of fused-ring (bicyclic) bond motifs is 1. The number of carbonyl (C=O) groups is 2. The maximum absolute atomic E-state index is 14.7. The van der Waals surface area contributed by atoms with E-state index in [1.807, 2.05) is 48.5 Å². The van der Waals surface area contributed by atoms with Crippen molar-refractivity contribution in [3.63, 3.8) is 0 Å². The molecule has 0 fully saturated rings. The molecule has 0 radical (unpaired) electrons. The molecule has 35 heavy (non-hydrogen) atoms. The zero-order chi connectivity index (χ0) is 24.8. The minimum atomic E-state index is -0.908. The van der Waals surface area contributed by atoms with E-state index in [4.69, 9.17) is 9.57 Å². The van der Waals surface area contributed by atoms with Gasteiger partial charge in [-0.1, -0.05) is 67.9 Å². The fraction of sp³-hybridized carbons (Fsp3) is 0.286. The summed E-state index contributed by atoms with van der Waals surface area (Å²) in [7, 11) is 0. The van der Waals surface area contributed by atoms with Crippen LogP contribution in [0.1, 0.15) is 41.2 Å². The van der Waals surface area contributed by atoms with E-state index in [-0.39, 0.29) is 25.4 Å². The number of halogens is 1. The summed E-state index contributed by atoms with van der Waals surface area (Å²) in [5.74, 6) is -1.21. The number of carbonyl (C=O) groups excluding carboxylic acids is 1. The van der Waals surface area contributed by atoms with Gasteiger partial charge in [-0.3, -0.25) is 4.79 Å². The lowest BCUT2D eigenvalue weighted by Gasteiger charge is -2.29. The Bertz CT molecular complexity index is 1210. The number of rotatable bonds is 8. The highest BCUT2D eigenvalue weighted by Crippen LogP contribution is 2.35. The largest absolute Gasteiger partial charge is 0.528 e. The Morgan fingerprint density at radius 1 is 1.00 bits per heavy atom. The minimum Gasteiger partial charge on any atom is -0.481 e. The van der Waals surface area contributed by atoms with E-state index in [0.29, 0.717) is 24.1 Å². The van der Waals surface area contributed by atoms with E-state index in [1.165, 1.54) is 11.1 Å². The van der Waals surface area contributed by atoms with Gasteiger partial charge in [0.2, 0.25) is 0 Å². The zero-order valence-corrected chi connectivity index (χ0v) is 19.6. The Hall–Kier alpha value is -3.71. The second-order valence-electron chi connectivity index (χ2n) is 8.59. The van der Waals surface area contributed by atoms with Crippen LogP contribution >= 0.6 is 0 Å². The molecule has 1 N–H and O–H groups in total. The van der Waals surface area contributed by atoms with Crippen LogP contribution in [0.15, 0.2) is 60.7 Å². The summed E-state index contributed by atoms with van der Waals surface area (Å²) in [5, 5.41) is 10.7. The first kappa shape index (κ1) is 24.4. The highest BCUT2D eigenvalue weighted by atomic mass is 19.1. The smallest absolute Gasteiger partial charge is 0.481 e. The van der Waals surface area contributed by atoms with Gasteiger partial charge in [-0.05, 0) is 57.9 Å². The normalized spacial score (nSPS) is 13.2. The maximum atomic E-state index is 14.7. The fourth-order valence-electron chi connectivity index (χ4n) is 4.43. The SMILES string of the molecule is CCCc1ccc(CC(=O)O)cc1-c1ccc(F)c2c1CN(OC(=O)OCc1ccccc1)CC2. The molecule has 0 aliphatic carbocycles. The number of hydroxylamine groups is 2. The highest BCUT2D eigenvalue weighted by Gasteiger charge is 2.26. The molecule has 182 valence electrons. The Morgan fingerprint density at radius 3 is 2.54 bits per heavy atom. The molecule has 0 aromatic heterocycles. The van der Waals surface area contributed by atoms with Crippen LogP contribution < -0.4 is 0 Å². The summed E-state index contributed by atoms with van der Waals surface area (Å²) >= 11 is 0. The first-order valence-corrected chi connectivity index (χ1v) is 11.7. The summed E-state index contributed by atoms with van der Waals surface area (Å²) in [5.41, 5.74) is 5.62. The van der Waals surface area contributed by atoms with Crippen molar-refractivity contribution in [3.8, 4) is 11.1 Å². The third kappa shape index (κ3) is 6.05. The first-order valence-electron chi connectivity index (χ1n) is 11.7. The highest BCUT2D eigenvalue weighted by molar-refractivity contribution is 5.76. The predicted octanol–water partition coefficient (Wildman–Crippen LogP) is 5.70. The second-order valence-corrected chi connectivity index (χ2v) is 8.59. The van der Waals surface area contributed by atoms with Crippen LogP contribution in [0.5, 0.6) is 0 Å². The molecular formula is C28H28FNO5. The standard InChI is InChI=1S/C28H28FNO5/c1-2-6-21-10-9-20(16-27(31)32)15-24(21)22-11-12-26(29)23-13-14-30(17-25(22)23)35-28(33)34-18-19-7-4-3-5-8-19/h3-5,7-12,15H,2,6,13-14,16-18H2,1H3,(H,31,32). The molecule has 7 heteroatoms. The van der Waals surface area contributed by atoms with E-state index < -0.39 is 12.1 Å². The van der Waals surface area contributed by atoms with Gasteiger partial charge in [0.05, 0.1) is 13.0 Å². The van der Waals surface area contributed by atoms with E-state index >= 15 is 0 Å². The first-order chi connectivity index (χ1) is 16.9. The van der Waals surface area contributed by atoms with Crippen LogP contribution in [-0.2, 0) is 46.8 Å². The summed E-state index contributed by atoms with van der Waals surface area (Å²) in [6.07, 6.45) is 1.19. The van der Waals surface area contributed by atoms with Crippen molar-refractivity contribution >= 4 is 12.1 Å². The van der Waals surface area contributed by atoms with Gasteiger partial charge >= 0.3 is 12.1 Å². The Balaban J connectivity index is 1.58. The number of aliphatic carboxylic acids is 1. The van der Waals surface area contributed by atoms with Gasteiger partial charge in [-0.2, -0.15) is 0 Å². The van der Waals surface area contributed by atoms with E-state index in [0.717, 1.165) is 40.7 Å². The van der Waals surface area contributed by atoms with Gasteiger partial charge in [0, 0.05) is 6.54 Å². The topological polar surface area (TPSA) is 76.1 Å². The zero-order valence-electron chi connectivity index (χ0n) is 19.6. The average molecular weight is 478 g/mol. The number of hydrogen-bond donors (Lipinski definition) is 1. The second kappa shape index (κ2) is 11.1. The molecule has 0 amide bonds. The van der Waals surface area contributed by atoms with Crippen LogP contribution in [-0.4, -0.2) is 28.8 Å². The summed E-state index contributed by atoms with van der Waals surface area (Å²) in [4.78, 5) is 29.0. The molecular weight excluding hydrogens is 449 g/mol. The van der Waals surface area contributed by atoms with Gasteiger partial charge in [0.1, 0.15) is 12.4 Å². The number of aryl methyl sites for hydroxylation is 1. The van der Waals surface area contributed by atoms with Crippen molar-refractivity contribution in [2.45, 2.75) is 45.8 Å². The summed E-state index contributed by atoms with van der Waals surface area (Å²) in [6.45, 7) is 2.72. The van der Waals surface area contributed by atoms with E-state index in [2.05, 4.69) is 6.92 Å². The van der Waals surface area contributed by atoms with Gasteiger partial charge < -0.3 is 14.7 Å². The maximum Gasteiger partial charge on any atom is 0.528 e. The van der Waals surface area contributed by atoms with E-state index in [9.17, 15) is 19.1 Å². The molecule has 0 saturated carbocycles. The predicted molar refractivity (Wildman–Crippen MR) is 129 cm³/mol. The van der Waals surface area contributed by atoms with Gasteiger partial charge in [0.15, 0.2) is 0 Å². The van der Waals surface area contributed by atoms with Gasteiger partial charge in [0.25, 0.3) is 0 Å². The number of hydrogen-bond acceptors (Lipinski definition) is 5. The molecule has 1 heterocycles. The molecule has 3 aromatic rings. The van der Waals surface area contributed by atoms with Crippen LogP contribution in [0.3, 0.4) is 0 Å². The number of ether oxygens (including phenoxy) is 1. The molecule has 0 atom stereocenters. The van der Waals surface area contributed by atoms with Gasteiger partial charge in [-0.15, -0.1) is 5.06 Å². The molecule has 1 aliphatic heterocycles. The average Bonchev–Trinajstić information content (AvgIpc) is 2.84.